The lowest BCUT2D eigenvalue weighted by atomic mass is 10.1. The van der Waals surface area contributed by atoms with Gasteiger partial charge in [-0.25, -0.2) is 9.67 Å². The molecular formula is C16H23N5O. The molecule has 0 atom stereocenters. The molecule has 0 aliphatic rings. The Morgan fingerprint density at radius 1 is 1.36 bits per heavy atom. The van der Waals surface area contributed by atoms with Gasteiger partial charge in [-0.3, -0.25) is 4.79 Å². The molecule has 118 valence electrons. The third-order valence-electron chi connectivity index (χ3n) is 3.61. The van der Waals surface area contributed by atoms with Gasteiger partial charge in [0.1, 0.15) is 0 Å². The van der Waals surface area contributed by atoms with Gasteiger partial charge in [0.05, 0.1) is 5.69 Å². The molecule has 3 N–H and O–H groups in total. The summed E-state index contributed by atoms with van der Waals surface area (Å²) in [5, 5.41) is 7.41. The summed E-state index contributed by atoms with van der Waals surface area (Å²) < 4.78 is 1.83. The molecule has 0 aromatic carbocycles. The van der Waals surface area contributed by atoms with Crippen molar-refractivity contribution in [1.82, 2.24) is 20.1 Å². The Morgan fingerprint density at radius 3 is 2.86 bits per heavy atom. The van der Waals surface area contributed by atoms with Crippen molar-refractivity contribution in [2.75, 3.05) is 13.1 Å². The first-order chi connectivity index (χ1) is 10.6. The monoisotopic (exact) mass is 301 g/mol. The van der Waals surface area contributed by atoms with E-state index in [4.69, 9.17) is 5.73 Å². The van der Waals surface area contributed by atoms with Crippen LogP contribution in [0.4, 0.5) is 0 Å². The maximum atomic E-state index is 11.8. The third kappa shape index (κ3) is 3.92. The van der Waals surface area contributed by atoms with Crippen LogP contribution >= 0.6 is 0 Å². The summed E-state index contributed by atoms with van der Waals surface area (Å²) in [5.74, 6) is 0.847. The molecule has 0 bridgehead atoms. The Labute approximate surface area is 130 Å². The second-order valence-electron chi connectivity index (χ2n) is 5.24. The zero-order valence-electron chi connectivity index (χ0n) is 13.2. The molecule has 6 nitrogen and oxygen atoms in total. The Balaban J connectivity index is 2.03. The van der Waals surface area contributed by atoms with E-state index < -0.39 is 0 Å². The van der Waals surface area contributed by atoms with E-state index in [1.165, 1.54) is 0 Å². The zero-order chi connectivity index (χ0) is 15.9. The summed E-state index contributed by atoms with van der Waals surface area (Å²) in [5.41, 5.74) is 8.50. The number of carbonyl (C=O) groups excluding carboxylic acids is 1. The molecule has 0 radical (unpaired) electrons. The fraction of sp³-hybridized carbons (Fsp3) is 0.438. The van der Waals surface area contributed by atoms with E-state index in [9.17, 15) is 4.79 Å². The number of pyridine rings is 1. The summed E-state index contributed by atoms with van der Waals surface area (Å²) in [6.07, 6.45) is 3.69. The Bertz CT molecular complexity index is 621. The molecule has 0 saturated carbocycles. The van der Waals surface area contributed by atoms with Crippen LogP contribution in [-0.2, 0) is 11.2 Å². The molecule has 2 aromatic heterocycles. The van der Waals surface area contributed by atoms with Gasteiger partial charge in [-0.05, 0) is 50.9 Å². The van der Waals surface area contributed by atoms with Crippen LogP contribution in [0.15, 0.2) is 24.4 Å². The standard InChI is InChI=1S/C16H23N5O/c1-12-14(7-8-16(22)19-11-5-9-17)13(2)21(20-12)15-6-3-4-10-18-15/h3-4,6,10H,5,7-9,11,17H2,1-2H3,(H,19,22). The topological polar surface area (TPSA) is 85.8 Å². The highest BCUT2D eigenvalue weighted by molar-refractivity contribution is 5.76. The molecule has 0 saturated heterocycles. The molecule has 0 unspecified atom stereocenters. The molecule has 0 aliphatic carbocycles. The van der Waals surface area contributed by atoms with Gasteiger partial charge < -0.3 is 11.1 Å². The maximum absolute atomic E-state index is 11.8. The van der Waals surface area contributed by atoms with Crippen molar-refractivity contribution in [1.29, 1.82) is 0 Å². The minimum absolute atomic E-state index is 0.0536. The lowest BCUT2D eigenvalue weighted by molar-refractivity contribution is -0.121. The number of amides is 1. The normalized spacial score (nSPS) is 10.7. The average molecular weight is 301 g/mol. The first-order valence-corrected chi connectivity index (χ1v) is 7.56. The number of hydrogen-bond acceptors (Lipinski definition) is 4. The Hall–Kier alpha value is -2.21. The fourth-order valence-electron chi connectivity index (χ4n) is 2.40. The van der Waals surface area contributed by atoms with Gasteiger partial charge in [0.2, 0.25) is 5.91 Å². The highest BCUT2D eigenvalue weighted by Crippen LogP contribution is 2.18. The number of nitrogens with one attached hydrogen (secondary N) is 1. The lowest BCUT2D eigenvalue weighted by Crippen LogP contribution is -2.26. The van der Waals surface area contributed by atoms with Crippen molar-refractivity contribution in [2.45, 2.75) is 33.1 Å². The SMILES string of the molecule is Cc1nn(-c2ccccn2)c(C)c1CCC(=O)NCCCN. The Morgan fingerprint density at radius 2 is 2.18 bits per heavy atom. The van der Waals surface area contributed by atoms with E-state index in [-0.39, 0.29) is 5.91 Å². The van der Waals surface area contributed by atoms with Crippen molar-refractivity contribution in [3.63, 3.8) is 0 Å². The fourth-order valence-corrected chi connectivity index (χ4v) is 2.40. The molecular weight excluding hydrogens is 278 g/mol. The van der Waals surface area contributed by atoms with E-state index in [1.807, 2.05) is 36.7 Å². The molecule has 0 fully saturated rings. The van der Waals surface area contributed by atoms with Crippen LogP contribution in [0.1, 0.15) is 29.8 Å². The molecule has 6 heteroatoms. The van der Waals surface area contributed by atoms with Crippen molar-refractivity contribution in [2.24, 2.45) is 5.73 Å². The summed E-state index contributed by atoms with van der Waals surface area (Å²) >= 11 is 0. The van der Waals surface area contributed by atoms with E-state index in [2.05, 4.69) is 15.4 Å². The largest absolute Gasteiger partial charge is 0.356 e. The Kier molecular flexibility index (Phi) is 5.66. The van der Waals surface area contributed by atoms with E-state index >= 15 is 0 Å². The predicted molar refractivity (Wildman–Crippen MR) is 85.8 cm³/mol. The van der Waals surface area contributed by atoms with Crippen LogP contribution in [0.3, 0.4) is 0 Å². The smallest absolute Gasteiger partial charge is 0.220 e. The van der Waals surface area contributed by atoms with Gasteiger partial charge >= 0.3 is 0 Å². The summed E-state index contributed by atoms with van der Waals surface area (Å²) in [6.45, 7) is 5.21. The van der Waals surface area contributed by atoms with Crippen LogP contribution in [0.5, 0.6) is 0 Å². The predicted octanol–water partition coefficient (Wildman–Crippen LogP) is 1.28. The minimum Gasteiger partial charge on any atom is -0.356 e. The first-order valence-electron chi connectivity index (χ1n) is 7.56. The average Bonchev–Trinajstić information content (AvgIpc) is 2.81. The summed E-state index contributed by atoms with van der Waals surface area (Å²) in [7, 11) is 0. The van der Waals surface area contributed by atoms with E-state index in [0.717, 1.165) is 29.2 Å². The lowest BCUT2D eigenvalue weighted by Gasteiger charge is -2.06. The summed E-state index contributed by atoms with van der Waals surface area (Å²) in [4.78, 5) is 16.1. The van der Waals surface area contributed by atoms with Crippen LogP contribution in [-0.4, -0.2) is 33.8 Å². The molecule has 1 amide bonds. The number of rotatable bonds is 7. The summed E-state index contributed by atoms with van der Waals surface area (Å²) in [6, 6.07) is 5.73. The van der Waals surface area contributed by atoms with E-state index in [0.29, 0.717) is 25.9 Å². The molecule has 0 aliphatic heterocycles. The van der Waals surface area contributed by atoms with Crippen molar-refractivity contribution >= 4 is 5.91 Å². The van der Waals surface area contributed by atoms with Gasteiger partial charge in [-0.2, -0.15) is 5.10 Å². The molecule has 2 aromatic rings. The quantitative estimate of drug-likeness (QED) is 0.754. The first kappa shape index (κ1) is 16.2. The minimum atomic E-state index is 0.0536. The number of nitrogens with two attached hydrogens (primary N) is 1. The van der Waals surface area contributed by atoms with Crippen molar-refractivity contribution in [3.05, 3.63) is 41.3 Å². The maximum Gasteiger partial charge on any atom is 0.220 e. The van der Waals surface area contributed by atoms with Crippen LogP contribution < -0.4 is 11.1 Å². The number of hydrogen-bond donors (Lipinski definition) is 2. The van der Waals surface area contributed by atoms with Crippen LogP contribution in [0, 0.1) is 13.8 Å². The zero-order valence-corrected chi connectivity index (χ0v) is 13.2. The van der Waals surface area contributed by atoms with Crippen molar-refractivity contribution < 1.29 is 4.79 Å². The van der Waals surface area contributed by atoms with Crippen molar-refractivity contribution in [3.8, 4) is 5.82 Å². The van der Waals surface area contributed by atoms with Gasteiger partial charge in [-0.15, -0.1) is 0 Å². The van der Waals surface area contributed by atoms with Gasteiger partial charge in [0, 0.05) is 24.9 Å². The van der Waals surface area contributed by atoms with Gasteiger partial charge in [0.15, 0.2) is 5.82 Å². The highest BCUT2D eigenvalue weighted by Gasteiger charge is 2.14. The number of carbonyl (C=O) groups is 1. The van der Waals surface area contributed by atoms with Crippen LogP contribution in [0.25, 0.3) is 5.82 Å². The molecule has 22 heavy (non-hydrogen) atoms. The second-order valence-corrected chi connectivity index (χ2v) is 5.24. The molecule has 0 spiro atoms. The van der Waals surface area contributed by atoms with Gasteiger partial charge in [-0.1, -0.05) is 6.07 Å². The number of nitrogens with zero attached hydrogens (tertiary/aromatic N) is 3. The third-order valence-corrected chi connectivity index (χ3v) is 3.61. The van der Waals surface area contributed by atoms with Gasteiger partial charge in [0.25, 0.3) is 0 Å². The highest BCUT2D eigenvalue weighted by atomic mass is 16.1. The second kappa shape index (κ2) is 7.70. The van der Waals surface area contributed by atoms with E-state index in [1.54, 1.807) is 6.20 Å². The van der Waals surface area contributed by atoms with Crippen LogP contribution in [0.2, 0.25) is 0 Å². The number of aryl methyl sites for hydroxylation is 1. The molecule has 2 heterocycles. The number of aromatic nitrogens is 3. The molecule has 2 rings (SSSR count).